The fourth-order valence-electron chi connectivity index (χ4n) is 5.09. The molecule has 6 heteroatoms. The van der Waals surface area contributed by atoms with Crippen LogP contribution in [0.15, 0.2) is 48.8 Å². The number of aromatic nitrogens is 1. The van der Waals surface area contributed by atoms with Crippen LogP contribution in [0, 0.1) is 11.8 Å². The van der Waals surface area contributed by atoms with Crippen molar-refractivity contribution in [2.75, 3.05) is 26.2 Å². The van der Waals surface area contributed by atoms with Gasteiger partial charge in [-0.25, -0.2) is 0 Å². The van der Waals surface area contributed by atoms with Gasteiger partial charge in [0.05, 0.1) is 13.2 Å². The number of carbonyl (C=O) groups is 2. The molecular weight excluding hydrogens is 426 g/mol. The Morgan fingerprint density at radius 3 is 1.94 bits per heavy atom. The van der Waals surface area contributed by atoms with Crippen molar-refractivity contribution in [3.8, 4) is 0 Å². The first-order chi connectivity index (χ1) is 16.6. The summed E-state index contributed by atoms with van der Waals surface area (Å²) in [6.07, 6.45) is 9.34. The van der Waals surface area contributed by atoms with Gasteiger partial charge < -0.3 is 14.5 Å². The second-order valence-corrected chi connectivity index (χ2v) is 9.85. The highest BCUT2D eigenvalue weighted by molar-refractivity contribution is 5.76. The van der Waals surface area contributed by atoms with Gasteiger partial charge in [0.15, 0.2) is 0 Å². The SMILES string of the molecule is CC(=O)N1CCC(CC(=O)N2CCC(Cc3ccc(COCc4ccncc4)cc3)CC2)CC1. The topological polar surface area (TPSA) is 62.7 Å². The standard InChI is InChI=1S/C28H37N3O3/c1-22(32)30-14-8-25(9-15-30)19-28(33)31-16-10-24(11-17-31)18-23-2-4-26(5-3-23)20-34-21-27-6-12-29-13-7-27/h2-7,12-13,24-25H,8-11,14-21H2,1H3. The molecule has 2 amide bonds. The molecule has 2 fully saturated rings. The lowest BCUT2D eigenvalue weighted by Gasteiger charge is -2.35. The lowest BCUT2D eigenvalue weighted by Crippen LogP contribution is -2.42. The van der Waals surface area contributed by atoms with E-state index in [4.69, 9.17) is 4.74 Å². The molecule has 0 unspecified atom stereocenters. The van der Waals surface area contributed by atoms with Gasteiger partial charge in [-0.15, -0.1) is 0 Å². The summed E-state index contributed by atoms with van der Waals surface area (Å²) in [6.45, 7) is 6.17. The largest absolute Gasteiger partial charge is 0.372 e. The number of piperidine rings is 2. The zero-order chi connectivity index (χ0) is 23.8. The number of rotatable bonds is 8. The highest BCUT2D eigenvalue weighted by atomic mass is 16.5. The van der Waals surface area contributed by atoms with Gasteiger partial charge in [-0.1, -0.05) is 24.3 Å². The maximum Gasteiger partial charge on any atom is 0.222 e. The van der Waals surface area contributed by atoms with E-state index < -0.39 is 0 Å². The Morgan fingerprint density at radius 2 is 1.32 bits per heavy atom. The second-order valence-electron chi connectivity index (χ2n) is 9.85. The van der Waals surface area contributed by atoms with Crippen molar-refractivity contribution in [1.82, 2.24) is 14.8 Å². The van der Waals surface area contributed by atoms with Crippen molar-refractivity contribution >= 4 is 11.8 Å². The van der Waals surface area contributed by atoms with Crippen molar-refractivity contribution in [2.24, 2.45) is 11.8 Å². The van der Waals surface area contributed by atoms with E-state index in [2.05, 4.69) is 34.1 Å². The van der Waals surface area contributed by atoms with Crippen LogP contribution in [-0.4, -0.2) is 52.8 Å². The van der Waals surface area contributed by atoms with Crippen LogP contribution >= 0.6 is 0 Å². The molecule has 1 aromatic carbocycles. The van der Waals surface area contributed by atoms with Crippen molar-refractivity contribution < 1.29 is 14.3 Å². The molecule has 2 aliphatic heterocycles. The third kappa shape index (κ3) is 7.13. The van der Waals surface area contributed by atoms with E-state index >= 15 is 0 Å². The Kier molecular flexibility index (Phi) is 8.69. The Balaban J connectivity index is 1.14. The van der Waals surface area contributed by atoms with Crippen molar-refractivity contribution in [2.45, 2.75) is 58.7 Å². The third-order valence-corrected chi connectivity index (χ3v) is 7.32. The summed E-state index contributed by atoms with van der Waals surface area (Å²) in [7, 11) is 0. The van der Waals surface area contributed by atoms with E-state index in [-0.39, 0.29) is 5.91 Å². The first-order valence-corrected chi connectivity index (χ1v) is 12.6. The average Bonchev–Trinajstić information content (AvgIpc) is 2.86. The van der Waals surface area contributed by atoms with Gasteiger partial charge in [-0.3, -0.25) is 14.6 Å². The summed E-state index contributed by atoms with van der Waals surface area (Å²) in [5.74, 6) is 1.51. The summed E-state index contributed by atoms with van der Waals surface area (Å²) < 4.78 is 5.82. The Morgan fingerprint density at radius 1 is 0.794 bits per heavy atom. The average molecular weight is 464 g/mol. The number of amides is 2. The van der Waals surface area contributed by atoms with E-state index in [9.17, 15) is 9.59 Å². The second kappa shape index (κ2) is 12.1. The maximum absolute atomic E-state index is 12.8. The molecule has 0 saturated carbocycles. The maximum atomic E-state index is 12.8. The molecule has 0 spiro atoms. The molecule has 4 rings (SSSR count). The summed E-state index contributed by atoms with van der Waals surface area (Å²) in [5.41, 5.74) is 3.68. The van der Waals surface area contributed by atoms with Crippen LogP contribution in [0.3, 0.4) is 0 Å². The summed E-state index contributed by atoms with van der Waals surface area (Å²) >= 11 is 0. The molecular formula is C28H37N3O3. The van der Waals surface area contributed by atoms with Gasteiger partial charge in [-0.2, -0.15) is 0 Å². The van der Waals surface area contributed by atoms with Crippen molar-refractivity contribution in [3.05, 3.63) is 65.5 Å². The van der Waals surface area contributed by atoms with Crippen LogP contribution < -0.4 is 0 Å². The summed E-state index contributed by atoms with van der Waals surface area (Å²) in [6, 6.07) is 12.7. The first-order valence-electron chi connectivity index (χ1n) is 12.6. The zero-order valence-electron chi connectivity index (χ0n) is 20.3. The first kappa shape index (κ1) is 24.4. The number of hydrogen-bond acceptors (Lipinski definition) is 4. The van der Waals surface area contributed by atoms with E-state index in [1.54, 1.807) is 19.3 Å². The summed E-state index contributed by atoms with van der Waals surface area (Å²) in [4.78, 5) is 32.3. The molecule has 0 aliphatic carbocycles. The molecule has 2 aromatic rings. The number of likely N-dealkylation sites (tertiary alicyclic amines) is 2. The smallest absolute Gasteiger partial charge is 0.222 e. The Bertz CT molecular complexity index is 916. The molecule has 0 radical (unpaired) electrons. The predicted molar refractivity (Wildman–Crippen MR) is 132 cm³/mol. The van der Waals surface area contributed by atoms with Crippen LogP contribution in [0.25, 0.3) is 0 Å². The van der Waals surface area contributed by atoms with Gasteiger partial charge in [0.2, 0.25) is 11.8 Å². The quantitative estimate of drug-likeness (QED) is 0.588. The van der Waals surface area contributed by atoms with Crippen LogP contribution in [-0.2, 0) is 34.0 Å². The van der Waals surface area contributed by atoms with Gasteiger partial charge in [0, 0.05) is 51.9 Å². The normalized spacial score (nSPS) is 17.7. The fraction of sp³-hybridized carbons (Fsp3) is 0.536. The number of nitrogens with zero attached hydrogens (tertiary/aromatic N) is 3. The minimum Gasteiger partial charge on any atom is -0.372 e. The molecule has 182 valence electrons. The minimum atomic E-state index is 0.149. The molecule has 2 aliphatic rings. The monoisotopic (exact) mass is 463 g/mol. The van der Waals surface area contributed by atoms with Gasteiger partial charge in [0.25, 0.3) is 0 Å². The van der Waals surface area contributed by atoms with Crippen molar-refractivity contribution in [1.29, 1.82) is 0 Å². The fourth-order valence-corrected chi connectivity index (χ4v) is 5.09. The Hall–Kier alpha value is -2.73. The lowest BCUT2D eigenvalue weighted by molar-refractivity contribution is -0.134. The van der Waals surface area contributed by atoms with Gasteiger partial charge in [-0.05, 0) is 72.8 Å². The highest BCUT2D eigenvalue weighted by Gasteiger charge is 2.27. The molecule has 1 aromatic heterocycles. The molecule has 34 heavy (non-hydrogen) atoms. The Labute approximate surface area is 203 Å². The minimum absolute atomic E-state index is 0.149. The number of pyridine rings is 1. The van der Waals surface area contributed by atoms with E-state index in [1.807, 2.05) is 17.0 Å². The third-order valence-electron chi connectivity index (χ3n) is 7.32. The molecule has 2 saturated heterocycles. The number of carbonyl (C=O) groups excluding carboxylic acids is 2. The highest BCUT2D eigenvalue weighted by Crippen LogP contribution is 2.25. The van der Waals surface area contributed by atoms with E-state index in [1.165, 1.54) is 11.1 Å². The van der Waals surface area contributed by atoms with Gasteiger partial charge >= 0.3 is 0 Å². The van der Waals surface area contributed by atoms with E-state index in [0.29, 0.717) is 37.4 Å². The lowest BCUT2D eigenvalue weighted by atomic mass is 9.89. The number of benzene rings is 1. The molecule has 3 heterocycles. The van der Waals surface area contributed by atoms with Crippen LogP contribution in [0.5, 0.6) is 0 Å². The zero-order valence-corrected chi connectivity index (χ0v) is 20.3. The van der Waals surface area contributed by atoms with Crippen LogP contribution in [0.4, 0.5) is 0 Å². The molecule has 0 bridgehead atoms. The van der Waals surface area contributed by atoms with Crippen molar-refractivity contribution in [3.63, 3.8) is 0 Å². The number of ether oxygens (including phenoxy) is 1. The molecule has 6 nitrogen and oxygen atoms in total. The van der Waals surface area contributed by atoms with Crippen LogP contribution in [0.2, 0.25) is 0 Å². The molecule has 0 atom stereocenters. The van der Waals surface area contributed by atoms with Gasteiger partial charge in [0.1, 0.15) is 0 Å². The van der Waals surface area contributed by atoms with Crippen LogP contribution in [0.1, 0.15) is 55.7 Å². The number of hydrogen-bond donors (Lipinski definition) is 0. The van der Waals surface area contributed by atoms with E-state index in [0.717, 1.165) is 63.8 Å². The predicted octanol–water partition coefficient (Wildman–Crippen LogP) is 4.23. The molecule has 0 N–H and O–H groups in total. The summed E-state index contributed by atoms with van der Waals surface area (Å²) in [5, 5.41) is 0.